The average molecular weight is 244 g/mol. The zero-order chi connectivity index (χ0) is 12.8. The van der Waals surface area contributed by atoms with Crippen LogP contribution in [0, 0.1) is 5.92 Å². The van der Waals surface area contributed by atoms with Gasteiger partial charge in [-0.3, -0.25) is 4.79 Å². The molecule has 6 nitrogen and oxygen atoms in total. The fourth-order valence-electron chi connectivity index (χ4n) is 2.00. The minimum atomic E-state index is -0.905. The molecule has 6 heteroatoms. The molecule has 98 valence electrons. The van der Waals surface area contributed by atoms with Crippen LogP contribution < -0.4 is 5.32 Å². The molecule has 0 aromatic carbocycles. The highest BCUT2D eigenvalue weighted by Gasteiger charge is 2.39. The van der Waals surface area contributed by atoms with Crippen molar-refractivity contribution in [3.05, 3.63) is 0 Å². The van der Waals surface area contributed by atoms with Crippen molar-refractivity contribution in [3.8, 4) is 0 Å². The Hall–Kier alpha value is -1.30. The topological polar surface area (TPSA) is 78.9 Å². The molecule has 0 bridgehead atoms. The molecule has 2 amide bonds. The summed E-state index contributed by atoms with van der Waals surface area (Å²) in [6, 6.07) is -0.574. The maximum Gasteiger partial charge on any atom is 0.317 e. The molecule has 1 aliphatic rings. The van der Waals surface area contributed by atoms with Gasteiger partial charge in [-0.2, -0.15) is 0 Å². The summed E-state index contributed by atoms with van der Waals surface area (Å²) in [7, 11) is 0. The number of amides is 2. The van der Waals surface area contributed by atoms with Crippen LogP contribution in [0.1, 0.15) is 20.3 Å². The largest absolute Gasteiger partial charge is 0.481 e. The molecule has 0 aliphatic carbocycles. The maximum atomic E-state index is 11.9. The Morgan fingerprint density at radius 3 is 2.65 bits per heavy atom. The van der Waals surface area contributed by atoms with Crippen LogP contribution in [-0.4, -0.2) is 54.4 Å². The maximum absolute atomic E-state index is 11.9. The molecule has 2 unspecified atom stereocenters. The van der Waals surface area contributed by atoms with Crippen LogP contribution in [0.15, 0.2) is 0 Å². The van der Waals surface area contributed by atoms with Crippen molar-refractivity contribution in [2.24, 2.45) is 5.92 Å². The number of hydrogen-bond donors (Lipinski definition) is 2. The van der Waals surface area contributed by atoms with Gasteiger partial charge in [-0.1, -0.05) is 6.92 Å². The number of ether oxygens (including phenoxy) is 1. The second-order valence-corrected chi connectivity index (χ2v) is 4.08. The van der Waals surface area contributed by atoms with Crippen LogP contribution in [-0.2, 0) is 9.53 Å². The summed E-state index contributed by atoms with van der Waals surface area (Å²) in [5.41, 5.74) is 0. The lowest BCUT2D eigenvalue weighted by atomic mass is 10.0. The molecule has 0 saturated carbocycles. The number of carboxylic acid groups (broad SMARTS) is 1. The van der Waals surface area contributed by atoms with Gasteiger partial charge in [-0.05, 0) is 13.3 Å². The van der Waals surface area contributed by atoms with E-state index in [1.165, 1.54) is 0 Å². The number of aliphatic carboxylic acids is 1. The molecule has 1 aliphatic heterocycles. The highest BCUT2D eigenvalue weighted by atomic mass is 16.5. The predicted molar refractivity (Wildman–Crippen MR) is 61.8 cm³/mol. The van der Waals surface area contributed by atoms with E-state index in [4.69, 9.17) is 9.84 Å². The highest BCUT2D eigenvalue weighted by molar-refractivity contribution is 5.77. The van der Waals surface area contributed by atoms with E-state index in [2.05, 4.69) is 5.32 Å². The van der Waals surface area contributed by atoms with E-state index in [0.29, 0.717) is 19.7 Å². The Morgan fingerprint density at radius 1 is 1.41 bits per heavy atom. The smallest absolute Gasteiger partial charge is 0.317 e. The molecule has 2 atom stereocenters. The Balaban J connectivity index is 2.74. The number of nitrogens with one attached hydrogen (secondary N) is 1. The van der Waals surface area contributed by atoms with Gasteiger partial charge in [-0.15, -0.1) is 0 Å². The van der Waals surface area contributed by atoms with Gasteiger partial charge in [0.2, 0.25) is 0 Å². The summed E-state index contributed by atoms with van der Waals surface area (Å²) >= 11 is 0. The zero-order valence-electron chi connectivity index (χ0n) is 10.3. The van der Waals surface area contributed by atoms with Crippen molar-refractivity contribution in [3.63, 3.8) is 0 Å². The third-order valence-electron chi connectivity index (χ3n) is 2.82. The van der Waals surface area contributed by atoms with E-state index in [1.54, 1.807) is 4.90 Å². The minimum absolute atomic E-state index is 0.180. The number of rotatable bonds is 5. The first kappa shape index (κ1) is 13.8. The number of carbonyl (C=O) groups excluding carboxylic acids is 1. The zero-order valence-corrected chi connectivity index (χ0v) is 10.3. The van der Waals surface area contributed by atoms with Gasteiger partial charge in [0.15, 0.2) is 0 Å². The van der Waals surface area contributed by atoms with Crippen molar-refractivity contribution in [1.29, 1.82) is 0 Å². The van der Waals surface area contributed by atoms with Crippen LogP contribution in [0.4, 0.5) is 4.79 Å². The van der Waals surface area contributed by atoms with E-state index in [9.17, 15) is 9.59 Å². The van der Waals surface area contributed by atoms with E-state index in [-0.39, 0.29) is 18.7 Å². The fraction of sp³-hybridized carbons (Fsp3) is 0.818. The number of carbonyl (C=O) groups is 2. The van der Waals surface area contributed by atoms with Gasteiger partial charge in [-0.25, -0.2) is 4.79 Å². The van der Waals surface area contributed by atoms with Gasteiger partial charge in [0.25, 0.3) is 0 Å². The minimum Gasteiger partial charge on any atom is -0.481 e. The van der Waals surface area contributed by atoms with E-state index in [1.807, 2.05) is 13.8 Å². The van der Waals surface area contributed by atoms with Crippen LogP contribution in [0.25, 0.3) is 0 Å². The third kappa shape index (κ3) is 3.33. The number of nitrogens with zero attached hydrogens (tertiary/aromatic N) is 1. The van der Waals surface area contributed by atoms with Crippen molar-refractivity contribution in [2.45, 2.75) is 26.3 Å². The van der Waals surface area contributed by atoms with Crippen molar-refractivity contribution in [2.75, 3.05) is 26.3 Å². The molecule has 0 aromatic rings. The van der Waals surface area contributed by atoms with Crippen molar-refractivity contribution < 1.29 is 19.4 Å². The highest BCUT2D eigenvalue weighted by Crippen LogP contribution is 2.20. The van der Waals surface area contributed by atoms with Crippen LogP contribution in [0.2, 0.25) is 0 Å². The second-order valence-electron chi connectivity index (χ2n) is 4.08. The van der Waals surface area contributed by atoms with Crippen molar-refractivity contribution in [1.82, 2.24) is 10.2 Å². The third-order valence-corrected chi connectivity index (χ3v) is 2.82. The van der Waals surface area contributed by atoms with Gasteiger partial charge >= 0.3 is 12.0 Å². The van der Waals surface area contributed by atoms with Gasteiger partial charge in [0.05, 0.1) is 19.3 Å². The lowest BCUT2D eigenvalue weighted by molar-refractivity contribution is -0.142. The monoisotopic (exact) mass is 244 g/mol. The lowest BCUT2D eigenvalue weighted by Crippen LogP contribution is -2.50. The molecule has 17 heavy (non-hydrogen) atoms. The summed E-state index contributed by atoms with van der Waals surface area (Å²) < 4.78 is 5.18. The summed E-state index contributed by atoms with van der Waals surface area (Å²) in [6.07, 6.45) is 0.792. The normalized spacial score (nSPS) is 23.4. The Bertz CT molecular complexity index is 283. The van der Waals surface area contributed by atoms with Gasteiger partial charge < -0.3 is 20.1 Å². The molecule has 1 heterocycles. The lowest BCUT2D eigenvalue weighted by Gasteiger charge is -2.30. The van der Waals surface area contributed by atoms with Gasteiger partial charge in [0.1, 0.15) is 5.92 Å². The summed E-state index contributed by atoms with van der Waals surface area (Å²) in [4.78, 5) is 24.5. The van der Waals surface area contributed by atoms with E-state index in [0.717, 1.165) is 6.42 Å². The number of hydrogen-bond acceptors (Lipinski definition) is 3. The Kier molecular flexibility index (Phi) is 5.21. The Labute approximate surface area is 101 Å². The SMILES string of the molecule is CCCN(C(=O)NCC)C1COCC1C(=O)O. The number of urea groups is 1. The fourth-order valence-corrected chi connectivity index (χ4v) is 2.00. The van der Waals surface area contributed by atoms with E-state index >= 15 is 0 Å². The molecule has 1 fully saturated rings. The predicted octanol–water partition coefficient (Wildman–Crippen LogP) is 0.527. The molecular formula is C11H20N2O4. The molecule has 2 N–H and O–H groups in total. The summed E-state index contributed by atoms with van der Waals surface area (Å²) in [6.45, 7) is 5.35. The van der Waals surface area contributed by atoms with Gasteiger partial charge in [0, 0.05) is 13.1 Å². The van der Waals surface area contributed by atoms with Crippen LogP contribution in [0.5, 0.6) is 0 Å². The summed E-state index contributed by atoms with van der Waals surface area (Å²) in [5, 5.41) is 11.8. The molecule has 0 spiro atoms. The van der Waals surface area contributed by atoms with Crippen molar-refractivity contribution >= 4 is 12.0 Å². The number of carboxylic acids is 1. The first-order valence-electron chi connectivity index (χ1n) is 5.96. The summed E-state index contributed by atoms with van der Waals surface area (Å²) in [5.74, 6) is -1.53. The Morgan fingerprint density at radius 2 is 2.12 bits per heavy atom. The van der Waals surface area contributed by atoms with E-state index < -0.39 is 11.9 Å². The molecular weight excluding hydrogens is 224 g/mol. The molecule has 1 rings (SSSR count). The quantitative estimate of drug-likeness (QED) is 0.739. The molecule has 0 radical (unpaired) electrons. The standard InChI is InChI=1S/C11H20N2O4/c1-3-5-13(11(16)12-4-2)9-7-17-6-8(9)10(14)15/h8-9H,3-7H2,1-2H3,(H,12,16)(H,14,15). The first-order valence-corrected chi connectivity index (χ1v) is 5.96. The molecule has 1 saturated heterocycles. The average Bonchev–Trinajstić information content (AvgIpc) is 2.74. The van der Waals surface area contributed by atoms with Crippen LogP contribution in [0.3, 0.4) is 0 Å². The molecule has 0 aromatic heterocycles. The van der Waals surface area contributed by atoms with Crippen LogP contribution >= 0.6 is 0 Å². The first-order chi connectivity index (χ1) is 8.11. The second kappa shape index (κ2) is 6.44.